The van der Waals surface area contributed by atoms with Crippen molar-refractivity contribution >= 4 is 16.2 Å². The molecule has 20 heavy (non-hydrogen) atoms. The van der Waals surface area contributed by atoms with Crippen molar-refractivity contribution in [3.63, 3.8) is 0 Å². The average Bonchev–Trinajstić information content (AvgIpc) is 2.92. The van der Waals surface area contributed by atoms with Crippen molar-refractivity contribution in [2.45, 2.75) is 44.9 Å². The van der Waals surface area contributed by atoms with Gasteiger partial charge in [-0.15, -0.1) is 0 Å². The predicted octanol–water partition coefficient (Wildman–Crippen LogP) is 1.20. The molecule has 7 heteroatoms. The zero-order valence-electron chi connectivity index (χ0n) is 11.8. The minimum atomic E-state index is -3.43. The molecule has 6 nitrogen and oxygen atoms in total. The van der Waals surface area contributed by atoms with Crippen LogP contribution in [0.2, 0.25) is 0 Å². The fraction of sp³-hybridized carbons (Fsp3) is 0.923. The molecule has 1 aliphatic carbocycles. The first-order valence-corrected chi connectivity index (χ1v) is 8.90. The van der Waals surface area contributed by atoms with Gasteiger partial charge in [-0.05, 0) is 25.2 Å². The molecule has 116 valence electrons. The van der Waals surface area contributed by atoms with E-state index in [0.29, 0.717) is 38.4 Å². The molecule has 1 saturated heterocycles. The highest BCUT2D eigenvalue weighted by Crippen LogP contribution is 2.27. The summed E-state index contributed by atoms with van der Waals surface area (Å²) in [5.41, 5.74) is 0. The van der Waals surface area contributed by atoms with E-state index in [1.54, 1.807) is 0 Å². The second-order valence-electron chi connectivity index (χ2n) is 5.85. The first-order valence-electron chi connectivity index (χ1n) is 7.46. The lowest BCUT2D eigenvalue weighted by Gasteiger charge is -2.29. The van der Waals surface area contributed by atoms with Crippen molar-refractivity contribution < 1.29 is 18.3 Å². The average molecular weight is 304 g/mol. The molecule has 0 aromatic carbocycles. The predicted molar refractivity (Wildman–Crippen MR) is 75.4 cm³/mol. The van der Waals surface area contributed by atoms with E-state index in [2.05, 4.69) is 4.72 Å². The number of rotatable bonds is 6. The van der Waals surface area contributed by atoms with Crippen LogP contribution < -0.4 is 4.72 Å². The topological polar surface area (TPSA) is 86.7 Å². The van der Waals surface area contributed by atoms with Crippen LogP contribution in [0.4, 0.5) is 0 Å². The second kappa shape index (κ2) is 6.87. The van der Waals surface area contributed by atoms with Crippen molar-refractivity contribution in [3.8, 4) is 0 Å². The molecule has 0 unspecified atom stereocenters. The summed E-state index contributed by atoms with van der Waals surface area (Å²) in [5.74, 6) is -0.563. The summed E-state index contributed by atoms with van der Waals surface area (Å²) in [5, 5.41) is 8.91. The van der Waals surface area contributed by atoms with Gasteiger partial charge in [-0.1, -0.05) is 25.7 Å². The van der Waals surface area contributed by atoms with Gasteiger partial charge in [0.1, 0.15) is 0 Å². The lowest BCUT2D eigenvalue weighted by molar-refractivity contribution is -0.142. The summed E-state index contributed by atoms with van der Waals surface area (Å²) in [7, 11) is -3.43. The molecule has 0 atom stereocenters. The van der Waals surface area contributed by atoms with Crippen LogP contribution in [0.3, 0.4) is 0 Å². The van der Waals surface area contributed by atoms with Gasteiger partial charge < -0.3 is 5.11 Å². The van der Waals surface area contributed by atoms with Gasteiger partial charge >= 0.3 is 5.97 Å². The first kappa shape index (κ1) is 15.7. The van der Waals surface area contributed by atoms with E-state index in [4.69, 9.17) is 5.11 Å². The number of carboxylic acids is 1. The van der Waals surface area contributed by atoms with Crippen molar-refractivity contribution in [2.24, 2.45) is 11.8 Å². The largest absolute Gasteiger partial charge is 0.481 e. The first-order chi connectivity index (χ1) is 9.49. The third kappa shape index (κ3) is 4.17. The van der Waals surface area contributed by atoms with Crippen LogP contribution in [-0.2, 0) is 15.0 Å². The Morgan fingerprint density at radius 3 is 2.30 bits per heavy atom. The van der Waals surface area contributed by atoms with Gasteiger partial charge in [0.25, 0.3) is 10.2 Å². The number of hydrogen-bond donors (Lipinski definition) is 2. The summed E-state index contributed by atoms with van der Waals surface area (Å²) >= 11 is 0. The minimum Gasteiger partial charge on any atom is -0.481 e. The number of hydrogen-bond acceptors (Lipinski definition) is 3. The maximum atomic E-state index is 12.1. The van der Waals surface area contributed by atoms with Gasteiger partial charge in [0, 0.05) is 19.6 Å². The van der Waals surface area contributed by atoms with Crippen LogP contribution in [0.15, 0.2) is 0 Å². The maximum absolute atomic E-state index is 12.1. The molecule has 0 radical (unpaired) electrons. The molecule has 2 N–H and O–H groups in total. The number of carbonyl (C=O) groups is 1. The molecular formula is C13H24N2O4S. The summed E-state index contributed by atoms with van der Waals surface area (Å²) in [6.07, 6.45) is 6.67. The molecule has 0 spiro atoms. The SMILES string of the molecule is O=C(O)C1CCN(S(=O)(=O)NCCC2CCCC2)CC1. The minimum absolute atomic E-state index is 0.301. The standard InChI is InChI=1S/C13H24N2O4S/c16-13(17)12-6-9-15(10-7-12)20(18,19)14-8-5-11-3-1-2-4-11/h11-12,14H,1-10H2,(H,16,17). The second-order valence-corrected chi connectivity index (χ2v) is 7.61. The molecule has 1 heterocycles. The molecule has 1 aliphatic heterocycles. The van der Waals surface area contributed by atoms with Gasteiger partial charge in [0.15, 0.2) is 0 Å². The summed E-state index contributed by atoms with van der Waals surface area (Å²) in [6.45, 7) is 1.09. The maximum Gasteiger partial charge on any atom is 0.306 e. The summed E-state index contributed by atoms with van der Waals surface area (Å²) in [6, 6.07) is 0. The van der Waals surface area contributed by atoms with E-state index in [-0.39, 0.29) is 0 Å². The lowest BCUT2D eigenvalue weighted by atomic mass is 9.99. The molecule has 1 saturated carbocycles. The molecular weight excluding hydrogens is 280 g/mol. The van der Waals surface area contributed by atoms with Crippen LogP contribution in [0.5, 0.6) is 0 Å². The molecule has 2 aliphatic rings. The third-order valence-corrected chi connectivity index (χ3v) is 6.07. The monoisotopic (exact) mass is 304 g/mol. The van der Waals surface area contributed by atoms with E-state index in [9.17, 15) is 13.2 Å². The van der Waals surface area contributed by atoms with Gasteiger partial charge in [-0.3, -0.25) is 4.79 Å². The van der Waals surface area contributed by atoms with Crippen molar-refractivity contribution in [3.05, 3.63) is 0 Å². The molecule has 2 rings (SSSR count). The smallest absolute Gasteiger partial charge is 0.306 e. The summed E-state index contributed by atoms with van der Waals surface area (Å²) < 4.78 is 28.2. The van der Waals surface area contributed by atoms with Crippen molar-refractivity contribution in [1.29, 1.82) is 0 Å². The Kier molecular flexibility index (Phi) is 5.40. The molecule has 2 fully saturated rings. The fourth-order valence-corrected chi connectivity index (χ4v) is 4.38. The Hall–Kier alpha value is -0.660. The third-order valence-electron chi connectivity index (χ3n) is 4.45. The van der Waals surface area contributed by atoms with Crippen LogP contribution in [-0.4, -0.2) is 43.4 Å². The van der Waals surface area contributed by atoms with E-state index in [0.717, 1.165) is 6.42 Å². The molecule has 0 aromatic rings. The van der Waals surface area contributed by atoms with Gasteiger partial charge in [-0.2, -0.15) is 12.7 Å². The lowest BCUT2D eigenvalue weighted by Crippen LogP contribution is -2.46. The Morgan fingerprint density at radius 1 is 1.15 bits per heavy atom. The quantitative estimate of drug-likeness (QED) is 0.772. The summed E-state index contributed by atoms with van der Waals surface area (Å²) in [4.78, 5) is 10.8. The highest BCUT2D eigenvalue weighted by molar-refractivity contribution is 7.87. The molecule has 0 amide bonds. The van der Waals surface area contributed by atoms with Crippen molar-refractivity contribution in [1.82, 2.24) is 9.03 Å². The Balaban J connectivity index is 1.74. The Morgan fingerprint density at radius 2 is 1.75 bits per heavy atom. The Bertz CT molecular complexity index is 424. The number of piperidine rings is 1. The van der Waals surface area contributed by atoms with Crippen LogP contribution in [0, 0.1) is 11.8 Å². The van der Waals surface area contributed by atoms with E-state index in [1.807, 2.05) is 0 Å². The number of nitrogens with one attached hydrogen (secondary N) is 1. The van der Waals surface area contributed by atoms with E-state index < -0.39 is 22.1 Å². The van der Waals surface area contributed by atoms with Crippen LogP contribution >= 0.6 is 0 Å². The van der Waals surface area contributed by atoms with Crippen LogP contribution in [0.1, 0.15) is 44.9 Å². The normalized spacial score (nSPS) is 23.2. The number of nitrogens with zero attached hydrogens (tertiary/aromatic N) is 1. The zero-order chi connectivity index (χ0) is 14.6. The van der Waals surface area contributed by atoms with E-state index in [1.165, 1.54) is 30.0 Å². The highest BCUT2D eigenvalue weighted by atomic mass is 32.2. The zero-order valence-corrected chi connectivity index (χ0v) is 12.6. The van der Waals surface area contributed by atoms with Crippen LogP contribution in [0.25, 0.3) is 0 Å². The van der Waals surface area contributed by atoms with Crippen molar-refractivity contribution in [2.75, 3.05) is 19.6 Å². The molecule has 0 bridgehead atoms. The molecule has 0 aromatic heterocycles. The number of aliphatic carboxylic acids is 1. The van der Waals surface area contributed by atoms with E-state index >= 15 is 0 Å². The van der Waals surface area contributed by atoms with Gasteiger partial charge in [-0.25, -0.2) is 4.72 Å². The number of carboxylic acid groups (broad SMARTS) is 1. The van der Waals surface area contributed by atoms with Gasteiger partial charge in [0.05, 0.1) is 5.92 Å². The fourth-order valence-electron chi connectivity index (χ4n) is 3.13. The van der Waals surface area contributed by atoms with Gasteiger partial charge in [0.2, 0.25) is 0 Å². The highest BCUT2D eigenvalue weighted by Gasteiger charge is 2.30. The Labute approximate surface area is 120 Å².